The summed E-state index contributed by atoms with van der Waals surface area (Å²) in [6, 6.07) is 12.7. The van der Waals surface area contributed by atoms with Crippen molar-refractivity contribution < 1.29 is 0 Å². The second-order valence-electron chi connectivity index (χ2n) is 7.53. The fourth-order valence-corrected chi connectivity index (χ4v) is 4.22. The predicted molar refractivity (Wildman–Crippen MR) is 104 cm³/mol. The van der Waals surface area contributed by atoms with E-state index in [4.69, 9.17) is 0 Å². The maximum atomic E-state index is 9.20. The lowest BCUT2D eigenvalue weighted by Gasteiger charge is -2.35. The van der Waals surface area contributed by atoms with Crippen molar-refractivity contribution in [2.45, 2.75) is 39.5 Å². The highest BCUT2D eigenvalue weighted by Gasteiger charge is 2.37. The number of nitrogens with one attached hydrogen (secondary N) is 1. The van der Waals surface area contributed by atoms with Crippen LogP contribution in [0, 0.1) is 18.3 Å². The number of aromatic nitrogens is 1. The molecule has 1 aliphatic rings. The van der Waals surface area contributed by atoms with E-state index < -0.39 is 0 Å². The predicted octanol–water partition coefficient (Wildman–Crippen LogP) is 5.61. The van der Waals surface area contributed by atoms with Crippen LogP contribution < -0.4 is 0 Å². The molecule has 2 nitrogen and oxygen atoms in total. The number of hydrogen-bond donors (Lipinski definition) is 1. The second kappa shape index (κ2) is 5.10. The average Bonchev–Trinajstić information content (AvgIpc) is 2.99. The van der Waals surface area contributed by atoms with Gasteiger partial charge in [-0.15, -0.1) is 0 Å². The van der Waals surface area contributed by atoms with Crippen LogP contribution in [-0.4, -0.2) is 4.98 Å². The van der Waals surface area contributed by atoms with Gasteiger partial charge in [-0.2, -0.15) is 5.26 Å². The molecule has 2 heteroatoms. The molecule has 1 N–H and O–H groups in total. The molecule has 0 amide bonds. The fraction of sp³-hybridized carbons (Fsp3) is 0.261. The van der Waals surface area contributed by atoms with Crippen LogP contribution in [0.15, 0.2) is 36.9 Å². The number of rotatable bonds is 1. The zero-order chi connectivity index (χ0) is 17.9. The highest BCUT2D eigenvalue weighted by atomic mass is 14.8. The molecule has 0 spiro atoms. The lowest BCUT2D eigenvalue weighted by atomic mass is 9.69. The second-order valence-corrected chi connectivity index (χ2v) is 7.53. The van der Waals surface area contributed by atoms with Gasteiger partial charge in [-0.3, -0.25) is 0 Å². The minimum absolute atomic E-state index is 0.130. The smallest absolute Gasteiger partial charge is 0.0992 e. The molecule has 0 bridgehead atoms. The van der Waals surface area contributed by atoms with Gasteiger partial charge in [-0.05, 0) is 53.3 Å². The third kappa shape index (κ3) is 2.02. The molecule has 0 aliphatic heterocycles. The third-order valence-corrected chi connectivity index (χ3v) is 5.71. The average molecular weight is 326 g/mol. The van der Waals surface area contributed by atoms with Crippen LogP contribution in [0.25, 0.3) is 16.5 Å². The van der Waals surface area contributed by atoms with Crippen molar-refractivity contribution >= 4 is 16.5 Å². The third-order valence-electron chi connectivity index (χ3n) is 5.71. The van der Waals surface area contributed by atoms with Gasteiger partial charge >= 0.3 is 0 Å². The normalized spacial score (nSPS) is 14.9. The Hall–Kier alpha value is -2.79. The van der Waals surface area contributed by atoms with Crippen molar-refractivity contribution in [2.24, 2.45) is 0 Å². The molecular formula is C23H22N2. The molecule has 0 fully saturated rings. The highest BCUT2D eigenvalue weighted by Crippen LogP contribution is 2.48. The monoisotopic (exact) mass is 326 g/mol. The summed E-state index contributed by atoms with van der Waals surface area (Å²) < 4.78 is 0. The van der Waals surface area contributed by atoms with E-state index in [1.54, 1.807) is 0 Å². The molecule has 0 radical (unpaired) electrons. The van der Waals surface area contributed by atoms with Gasteiger partial charge in [0, 0.05) is 27.6 Å². The van der Waals surface area contributed by atoms with Gasteiger partial charge in [0.15, 0.2) is 0 Å². The summed E-state index contributed by atoms with van der Waals surface area (Å²) in [7, 11) is 0. The zero-order valence-corrected chi connectivity index (χ0v) is 15.2. The Labute approximate surface area is 148 Å². The lowest BCUT2D eigenvalue weighted by Crippen LogP contribution is -2.27. The summed E-state index contributed by atoms with van der Waals surface area (Å²) in [5.41, 5.74) is 10.3. The summed E-state index contributed by atoms with van der Waals surface area (Å²) in [5, 5.41) is 10.4. The van der Waals surface area contributed by atoms with Crippen LogP contribution in [0.4, 0.5) is 0 Å². The number of benzene rings is 2. The van der Waals surface area contributed by atoms with E-state index in [-0.39, 0.29) is 5.41 Å². The maximum absolute atomic E-state index is 9.20. The van der Waals surface area contributed by atoms with Crippen molar-refractivity contribution in [1.29, 1.82) is 5.26 Å². The van der Waals surface area contributed by atoms with Crippen LogP contribution in [0.1, 0.15) is 59.8 Å². The highest BCUT2D eigenvalue weighted by molar-refractivity contribution is 6.01. The van der Waals surface area contributed by atoms with Crippen molar-refractivity contribution in [2.75, 3.05) is 0 Å². The van der Waals surface area contributed by atoms with E-state index in [0.717, 1.165) is 22.9 Å². The van der Waals surface area contributed by atoms with Crippen LogP contribution in [-0.2, 0) is 11.8 Å². The number of H-pyrrole nitrogens is 1. The summed E-state index contributed by atoms with van der Waals surface area (Å²) in [6.45, 7) is 13.4. The number of aryl methyl sites for hydroxylation is 2. The maximum Gasteiger partial charge on any atom is 0.0992 e. The fourth-order valence-electron chi connectivity index (χ4n) is 4.22. The van der Waals surface area contributed by atoms with E-state index in [2.05, 4.69) is 57.5 Å². The first-order valence-corrected chi connectivity index (χ1v) is 8.78. The number of aromatic amines is 1. The summed E-state index contributed by atoms with van der Waals surface area (Å²) >= 11 is 0. The molecule has 25 heavy (non-hydrogen) atoms. The van der Waals surface area contributed by atoms with Crippen molar-refractivity contribution in [3.05, 3.63) is 76.0 Å². The van der Waals surface area contributed by atoms with E-state index in [0.29, 0.717) is 5.56 Å². The molecule has 1 aromatic heterocycles. The Morgan fingerprint density at radius 2 is 1.96 bits per heavy atom. The van der Waals surface area contributed by atoms with Crippen molar-refractivity contribution in [3.8, 4) is 6.07 Å². The zero-order valence-electron chi connectivity index (χ0n) is 15.2. The van der Waals surface area contributed by atoms with Gasteiger partial charge in [-0.1, -0.05) is 45.5 Å². The van der Waals surface area contributed by atoms with Crippen LogP contribution in [0.2, 0.25) is 0 Å². The lowest BCUT2D eigenvalue weighted by molar-refractivity contribution is 0.612. The van der Waals surface area contributed by atoms with Crippen LogP contribution in [0.3, 0.4) is 0 Å². The van der Waals surface area contributed by atoms with E-state index in [1.165, 1.54) is 33.5 Å². The SMILES string of the molecule is C=C1c2cc(CC)c(C)cc2C(C)(C)c2[nH]c3cc(C#N)ccc3c21. The van der Waals surface area contributed by atoms with Gasteiger partial charge in [-0.25, -0.2) is 0 Å². The number of hydrogen-bond acceptors (Lipinski definition) is 1. The Balaban J connectivity index is 2.07. The number of nitrogens with zero attached hydrogens (tertiary/aromatic N) is 1. The number of nitriles is 1. The molecule has 1 heterocycles. The van der Waals surface area contributed by atoms with Crippen molar-refractivity contribution in [1.82, 2.24) is 4.98 Å². The standard InChI is InChI=1S/C23H22N2/c1-6-16-11-18-14(3)21-17-8-7-15(12-24)10-20(17)25-22(21)23(4,5)19(18)9-13(16)2/h7-11,25H,3,6H2,1-2,4-5H3. The summed E-state index contributed by atoms with van der Waals surface area (Å²) in [4.78, 5) is 3.59. The minimum Gasteiger partial charge on any atom is -0.357 e. The van der Waals surface area contributed by atoms with Gasteiger partial charge in [0.25, 0.3) is 0 Å². The van der Waals surface area contributed by atoms with E-state index >= 15 is 0 Å². The molecule has 0 unspecified atom stereocenters. The largest absolute Gasteiger partial charge is 0.357 e. The molecular weight excluding hydrogens is 304 g/mol. The molecule has 0 atom stereocenters. The minimum atomic E-state index is -0.130. The van der Waals surface area contributed by atoms with Gasteiger partial charge < -0.3 is 4.98 Å². The quantitative estimate of drug-likeness (QED) is 0.620. The number of fused-ring (bicyclic) bond motifs is 4. The van der Waals surface area contributed by atoms with Gasteiger partial charge in [0.1, 0.15) is 0 Å². The molecule has 3 aromatic rings. The Kier molecular flexibility index (Phi) is 3.21. The Bertz CT molecular complexity index is 1090. The molecule has 4 rings (SSSR count). The first-order valence-electron chi connectivity index (χ1n) is 8.78. The Morgan fingerprint density at radius 3 is 2.64 bits per heavy atom. The van der Waals surface area contributed by atoms with Gasteiger partial charge in [0.05, 0.1) is 11.6 Å². The van der Waals surface area contributed by atoms with Crippen LogP contribution in [0.5, 0.6) is 0 Å². The van der Waals surface area contributed by atoms with Crippen LogP contribution >= 0.6 is 0 Å². The van der Waals surface area contributed by atoms with E-state index in [9.17, 15) is 5.26 Å². The molecule has 2 aromatic carbocycles. The Morgan fingerprint density at radius 1 is 1.20 bits per heavy atom. The first kappa shape index (κ1) is 15.7. The molecule has 1 aliphatic carbocycles. The topological polar surface area (TPSA) is 39.6 Å². The summed E-state index contributed by atoms with van der Waals surface area (Å²) in [5.74, 6) is 0. The molecule has 0 saturated carbocycles. The molecule has 124 valence electrons. The first-order chi connectivity index (χ1) is 11.9. The van der Waals surface area contributed by atoms with E-state index in [1.807, 2.05) is 18.2 Å². The van der Waals surface area contributed by atoms with Crippen molar-refractivity contribution in [3.63, 3.8) is 0 Å². The van der Waals surface area contributed by atoms with Gasteiger partial charge in [0.2, 0.25) is 0 Å². The summed E-state index contributed by atoms with van der Waals surface area (Å²) in [6.07, 6.45) is 1.03. The molecule has 0 saturated heterocycles.